The van der Waals surface area contributed by atoms with Crippen LogP contribution in [0.15, 0.2) is 48.5 Å². The molecule has 2 rings (SSSR count). The fourth-order valence-electron chi connectivity index (χ4n) is 3.15. The first-order valence-electron chi connectivity index (χ1n) is 9.25. The summed E-state index contributed by atoms with van der Waals surface area (Å²) >= 11 is 0. The summed E-state index contributed by atoms with van der Waals surface area (Å²) in [5.74, 6) is 0.544. The molecule has 0 fully saturated rings. The van der Waals surface area contributed by atoms with Crippen LogP contribution in [0, 0.1) is 0 Å². The van der Waals surface area contributed by atoms with E-state index in [1.807, 2.05) is 36.4 Å². The Morgan fingerprint density at radius 1 is 0.800 bits per heavy atom. The van der Waals surface area contributed by atoms with Gasteiger partial charge in [-0.25, -0.2) is 0 Å². The van der Waals surface area contributed by atoms with Crippen LogP contribution in [0.3, 0.4) is 0 Å². The largest absolute Gasteiger partial charge is 0.426 e. The van der Waals surface area contributed by atoms with Gasteiger partial charge < -0.3 is 14.3 Å². The van der Waals surface area contributed by atoms with Crippen LogP contribution >= 0.6 is 8.60 Å². The minimum atomic E-state index is -2.42. The van der Waals surface area contributed by atoms with Gasteiger partial charge in [-0.2, -0.15) is 0 Å². The number of aryl methyl sites for hydroxylation is 1. The van der Waals surface area contributed by atoms with Gasteiger partial charge in [-0.15, -0.1) is 0 Å². The fourth-order valence-corrected chi connectivity index (χ4v) is 3.48. The summed E-state index contributed by atoms with van der Waals surface area (Å²) in [6, 6.07) is 15.9. The second kappa shape index (κ2) is 11.3. The van der Waals surface area contributed by atoms with Crippen molar-refractivity contribution in [1.82, 2.24) is 0 Å². The van der Waals surface area contributed by atoms with Gasteiger partial charge in [0.2, 0.25) is 0 Å². The van der Waals surface area contributed by atoms with E-state index in [-0.39, 0.29) is 0 Å². The third kappa shape index (κ3) is 6.78. The summed E-state index contributed by atoms with van der Waals surface area (Å²) in [7, 11) is -2.42. The van der Waals surface area contributed by atoms with Gasteiger partial charge in [0.05, 0.1) is 0 Å². The summed E-state index contributed by atoms with van der Waals surface area (Å²) in [5, 5.41) is 0. The molecule has 0 bridgehead atoms. The van der Waals surface area contributed by atoms with Gasteiger partial charge in [0.15, 0.2) is 0 Å². The van der Waals surface area contributed by atoms with Crippen LogP contribution in [0.25, 0.3) is 11.1 Å². The third-order valence-electron chi connectivity index (χ3n) is 4.40. The fraction of sp³-hybridized carbons (Fsp3) is 0.429. The van der Waals surface area contributed by atoms with Crippen LogP contribution < -0.4 is 4.52 Å². The molecular formula is C21H29O3P. The standard InChI is InChI=1S/C21H29O3P/c1-2-3-4-5-6-7-9-13-19-16-12-17-20(24-25(22)23)21(19)18-14-10-8-11-15-18/h8,10-12,14-17,22-23H,2-7,9,13H2,1H3. The molecule has 0 amide bonds. The van der Waals surface area contributed by atoms with E-state index in [4.69, 9.17) is 4.52 Å². The Morgan fingerprint density at radius 3 is 2.16 bits per heavy atom. The van der Waals surface area contributed by atoms with E-state index in [0.29, 0.717) is 5.75 Å². The van der Waals surface area contributed by atoms with Crippen molar-refractivity contribution in [2.24, 2.45) is 0 Å². The molecule has 136 valence electrons. The number of hydrogen-bond donors (Lipinski definition) is 2. The summed E-state index contributed by atoms with van der Waals surface area (Å²) in [6.07, 6.45) is 9.92. The normalized spacial score (nSPS) is 11.0. The summed E-state index contributed by atoms with van der Waals surface area (Å²) < 4.78 is 5.29. The molecule has 0 saturated heterocycles. The predicted octanol–water partition coefficient (Wildman–Crippen LogP) is 6.24. The Morgan fingerprint density at radius 2 is 1.48 bits per heavy atom. The molecule has 2 N–H and O–H groups in total. The van der Waals surface area contributed by atoms with Crippen molar-refractivity contribution in [2.45, 2.75) is 58.3 Å². The second-order valence-electron chi connectivity index (χ2n) is 6.37. The molecule has 0 spiro atoms. The van der Waals surface area contributed by atoms with Crippen LogP contribution in [-0.2, 0) is 6.42 Å². The number of benzene rings is 2. The zero-order valence-electron chi connectivity index (χ0n) is 15.0. The van der Waals surface area contributed by atoms with Gasteiger partial charge >= 0.3 is 8.60 Å². The topological polar surface area (TPSA) is 49.7 Å². The highest BCUT2D eigenvalue weighted by molar-refractivity contribution is 7.39. The predicted molar refractivity (Wildman–Crippen MR) is 106 cm³/mol. The maximum absolute atomic E-state index is 9.28. The van der Waals surface area contributed by atoms with E-state index in [2.05, 4.69) is 13.0 Å². The lowest BCUT2D eigenvalue weighted by Crippen LogP contribution is -1.96. The molecule has 0 aliphatic heterocycles. The monoisotopic (exact) mass is 360 g/mol. The van der Waals surface area contributed by atoms with E-state index in [1.165, 1.54) is 44.1 Å². The number of unbranched alkanes of at least 4 members (excludes halogenated alkanes) is 6. The Labute approximate surface area is 152 Å². The van der Waals surface area contributed by atoms with Gasteiger partial charge in [0.1, 0.15) is 5.75 Å². The Kier molecular flexibility index (Phi) is 8.96. The molecule has 0 aliphatic rings. The minimum Gasteiger partial charge on any atom is -0.426 e. The molecule has 0 radical (unpaired) electrons. The number of rotatable bonds is 11. The lowest BCUT2D eigenvalue weighted by Gasteiger charge is -2.16. The Hall–Kier alpha value is -1.41. The van der Waals surface area contributed by atoms with E-state index in [0.717, 1.165) is 24.0 Å². The van der Waals surface area contributed by atoms with Crippen molar-refractivity contribution in [2.75, 3.05) is 0 Å². The van der Waals surface area contributed by atoms with Crippen LogP contribution in [0.4, 0.5) is 0 Å². The van der Waals surface area contributed by atoms with E-state index >= 15 is 0 Å². The van der Waals surface area contributed by atoms with Gasteiger partial charge in [-0.1, -0.05) is 87.9 Å². The van der Waals surface area contributed by atoms with Crippen LogP contribution in [0.1, 0.15) is 57.4 Å². The zero-order valence-corrected chi connectivity index (χ0v) is 15.9. The smallest absolute Gasteiger partial charge is 0.391 e. The lowest BCUT2D eigenvalue weighted by atomic mass is 9.94. The van der Waals surface area contributed by atoms with Gasteiger partial charge in [-0.3, -0.25) is 0 Å². The molecule has 0 aliphatic carbocycles. The van der Waals surface area contributed by atoms with Crippen molar-refractivity contribution in [3.05, 3.63) is 54.1 Å². The highest BCUT2D eigenvalue weighted by Gasteiger charge is 2.14. The molecule has 2 aromatic rings. The molecule has 2 aromatic carbocycles. The maximum atomic E-state index is 9.28. The van der Waals surface area contributed by atoms with Crippen LogP contribution in [0.5, 0.6) is 5.75 Å². The zero-order chi connectivity index (χ0) is 17.9. The highest BCUT2D eigenvalue weighted by atomic mass is 31.2. The highest BCUT2D eigenvalue weighted by Crippen LogP contribution is 2.39. The summed E-state index contributed by atoms with van der Waals surface area (Å²) in [4.78, 5) is 18.6. The van der Waals surface area contributed by atoms with Crippen molar-refractivity contribution in [1.29, 1.82) is 0 Å². The molecule has 0 unspecified atom stereocenters. The molecule has 0 heterocycles. The molecule has 3 nitrogen and oxygen atoms in total. The van der Waals surface area contributed by atoms with Gasteiger partial charge in [0, 0.05) is 5.56 Å². The van der Waals surface area contributed by atoms with Crippen molar-refractivity contribution >= 4 is 8.60 Å². The van der Waals surface area contributed by atoms with E-state index in [9.17, 15) is 9.79 Å². The minimum absolute atomic E-state index is 0.544. The van der Waals surface area contributed by atoms with Crippen LogP contribution in [-0.4, -0.2) is 9.79 Å². The van der Waals surface area contributed by atoms with Crippen molar-refractivity contribution < 1.29 is 14.3 Å². The Bertz CT molecular complexity index is 614. The third-order valence-corrected chi connectivity index (χ3v) is 4.76. The van der Waals surface area contributed by atoms with Crippen LogP contribution in [0.2, 0.25) is 0 Å². The molecule has 4 heteroatoms. The summed E-state index contributed by atoms with van der Waals surface area (Å²) in [6.45, 7) is 2.24. The van der Waals surface area contributed by atoms with Gasteiger partial charge in [0.25, 0.3) is 0 Å². The number of hydrogen-bond acceptors (Lipinski definition) is 3. The van der Waals surface area contributed by atoms with E-state index in [1.54, 1.807) is 6.07 Å². The molecule has 25 heavy (non-hydrogen) atoms. The molecular weight excluding hydrogens is 331 g/mol. The Balaban J connectivity index is 2.06. The van der Waals surface area contributed by atoms with E-state index < -0.39 is 8.60 Å². The maximum Gasteiger partial charge on any atom is 0.391 e. The lowest BCUT2D eigenvalue weighted by molar-refractivity contribution is 0.375. The first kappa shape index (κ1) is 19.9. The van der Waals surface area contributed by atoms with Crippen molar-refractivity contribution in [3.8, 4) is 16.9 Å². The molecule has 0 saturated carbocycles. The SMILES string of the molecule is CCCCCCCCCc1cccc(OP(O)O)c1-c1ccccc1. The molecule has 0 aromatic heterocycles. The first-order valence-corrected chi connectivity index (χ1v) is 10.4. The average Bonchev–Trinajstić information content (AvgIpc) is 2.61. The first-order chi connectivity index (χ1) is 12.2. The van der Waals surface area contributed by atoms with Crippen molar-refractivity contribution in [3.63, 3.8) is 0 Å². The second-order valence-corrected chi connectivity index (χ2v) is 7.06. The average molecular weight is 360 g/mol. The molecule has 0 atom stereocenters. The van der Waals surface area contributed by atoms with Gasteiger partial charge in [-0.05, 0) is 30.0 Å². The summed E-state index contributed by atoms with van der Waals surface area (Å²) in [5.41, 5.74) is 3.23. The quantitative estimate of drug-likeness (QED) is 0.368.